The maximum absolute atomic E-state index is 13.0. The Labute approximate surface area is 146 Å². The molecule has 1 fully saturated rings. The van der Waals surface area contributed by atoms with E-state index in [1.165, 1.54) is 27.1 Å². The first kappa shape index (κ1) is 18.2. The molecule has 8 nitrogen and oxygen atoms in total. The molecule has 0 saturated carbocycles. The van der Waals surface area contributed by atoms with Crippen molar-refractivity contribution in [1.82, 2.24) is 8.87 Å². The topological polar surface area (TPSA) is 107 Å². The van der Waals surface area contributed by atoms with Crippen molar-refractivity contribution in [3.63, 3.8) is 0 Å². The molecule has 138 valence electrons. The second kappa shape index (κ2) is 6.26. The molecule has 1 saturated heterocycles. The molecule has 25 heavy (non-hydrogen) atoms. The van der Waals surface area contributed by atoms with Gasteiger partial charge in [0, 0.05) is 25.2 Å². The Kier molecular flexibility index (Phi) is 4.54. The van der Waals surface area contributed by atoms with E-state index in [0.29, 0.717) is 18.5 Å². The van der Waals surface area contributed by atoms with Crippen molar-refractivity contribution in [1.29, 1.82) is 0 Å². The average Bonchev–Trinajstić information content (AvgIpc) is 3.05. The molecular formula is C15H20N2O6S2. The number of nitrogens with zero attached hydrogens (tertiary/aromatic N) is 2. The first-order chi connectivity index (χ1) is 11.7. The number of benzene rings is 1. The molecule has 1 aromatic carbocycles. The molecule has 0 N–H and O–H groups in total. The molecule has 10 heteroatoms. The summed E-state index contributed by atoms with van der Waals surface area (Å²) in [5.41, 5.74) is 0.723. The lowest BCUT2D eigenvalue weighted by Gasteiger charge is -2.25. The van der Waals surface area contributed by atoms with Gasteiger partial charge in [0.2, 0.25) is 10.0 Å². The number of sulfone groups is 1. The van der Waals surface area contributed by atoms with Crippen LogP contribution in [0.15, 0.2) is 32.3 Å². The number of aryl methyl sites for hydroxylation is 1. The lowest BCUT2D eigenvalue weighted by molar-refractivity contribution is 0.354. The summed E-state index contributed by atoms with van der Waals surface area (Å²) >= 11 is 0. The fourth-order valence-electron chi connectivity index (χ4n) is 3.27. The van der Waals surface area contributed by atoms with Crippen LogP contribution in [0.1, 0.15) is 20.3 Å². The van der Waals surface area contributed by atoms with Gasteiger partial charge in [-0.15, -0.1) is 0 Å². The van der Waals surface area contributed by atoms with Gasteiger partial charge in [0.25, 0.3) is 0 Å². The van der Waals surface area contributed by atoms with Crippen LogP contribution < -0.4 is 5.76 Å². The molecule has 1 unspecified atom stereocenters. The standard InChI is InChI=1S/C15H20N2O6S2/c1-3-16-13-6-5-12(9-14(13)23-15(16)18)25(21,22)17(4-2)11-7-8-24(19,20)10-11/h5-6,9,11H,3-4,7-8,10H2,1-2H3. The fraction of sp³-hybridized carbons (Fsp3) is 0.533. The maximum atomic E-state index is 13.0. The van der Waals surface area contributed by atoms with Gasteiger partial charge in [-0.1, -0.05) is 6.92 Å². The van der Waals surface area contributed by atoms with Crippen molar-refractivity contribution < 1.29 is 21.3 Å². The van der Waals surface area contributed by atoms with Crippen LogP contribution in [-0.4, -0.2) is 49.8 Å². The van der Waals surface area contributed by atoms with E-state index in [1.54, 1.807) is 13.8 Å². The first-order valence-corrected chi connectivity index (χ1v) is 11.3. The third kappa shape index (κ3) is 3.13. The predicted octanol–water partition coefficient (Wildman–Crippen LogP) is 0.812. The molecule has 0 bridgehead atoms. The predicted molar refractivity (Wildman–Crippen MR) is 92.8 cm³/mol. The van der Waals surface area contributed by atoms with Gasteiger partial charge in [0.15, 0.2) is 15.4 Å². The summed E-state index contributed by atoms with van der Waals surface area (Å²) in [6.45, 7) is 4.05. The summed E-state index contributed by atoms with van der Waals surface area (Å²) in [4.78, 5) is 11.8. The molecule has 1 atom stereocenters. The molecule has 2 heterocycles. The average molecular weight is 388 g/mol. The van der Waals surface area contributed by atoms with Crippen molar-refractivity contribution >= 4 is 31.0 Å². The van der Waals surface area contributed by atoms with Crippen LogP contribution in [0.2, 0.25) is 0 Å². The summed E-state index contributed by atoms with van der Waals surface area (Å²) in [6, 6.07) is 3.72. The van der Waals surface area contributed by atoms with Crippen LogP contribution in [0.5, 0.6) is 0 Å². The Morgan fingerprint density at radius 1 is 1.32 bits per heavy atom. The molecule has 0 amide bonds. The van der Waals surface area contributed by atoms with Crippen LogP contribution in [0.4, 0.5) is 0 Å². The van der Waals surface area contributed by atoms with E-state index in [4.69, 9.17) is 4.42 Å². The first-order valence-electron chi connectivity index (χ1n) is 8.05. The molecule has 0 radical (unpaired) electrons. The van der Waals surface area contributed by atoms with Crippen LogP contribution in [0, 0.1) is 0 Å². The zero-order chi connectivity index (χ0) is 18.4. The zero-order valence-corrected chi connectivity index (χ0v) is 15.6. The lowest BCUT2D eigenvalue weighted by atomic mass is 10.3. The Balaban J connectivity index is 2.04. The normalized spacial score (nSPS) is 20.5. The minimum atomic E-state index is -3.89. The number of hydrogen-bond acceptors (Lipinski definition) is 6. The van der Waals surface area contributed by atoms with Gasteiger partial charge in [-0.3, -0.25) is 4.57 Å². The molecule has 0 aliphatic carbocycles. The summed E-state index contributed by atoms with van der Waals surface area (Å²) < 4.78 is 57.1. The summed E-state index contributed by atoms with van der Waals surface area (Å²) in [6.07, 6.45) is 0.291. The number of aromatic nitrogens is 1. The molecule has 3 rings (SSSR count). The molecular weight excluding hydrogens is 368 g/mol. The Morgan fingerprint density at radius 3 is 2.60 bits per heavy atom. The van der Waals surface area contributed by atoms with Crippen LogP contribution in [0.25, 0.3) is 11.1 Å². The fourth-order valence-corrected chi connectivity index (χ4v) is 6.77. The van der Waals surface area contributed by atoms with E-state index in [2.05, 4.69) is 0 Å². The van der Waals surface area contributed by atoms with E-state index < -0.39 is 31.7 Å². The van der Waals surface area contributed by atoms with Gasteiger partial charge < -0.3 is 4.42 Å². The highest BCUT2D eigenvalue weighted by molar-refractivity contribution is 7.92. The van der Waals surface area contributed by atoms with Crippen LogP contribution >= 0.6 is 0 Å². The highest BCUT2D eigenvalue weighted by Crippen LogP contribution is 2.26. The maximum Gasteiger partial charge on any atom is 0.419 e. The number of rotatable bonds is 5. The largest absolute Gasteiger partial charge is 0.419 e. The summed E-state index contributed by atoms with van der Waals surface area (Å²) in [5.74, 6) is -0.707. The van der Waals surface area contributed by atoms with E-state index in [1.807, 2.05) is 0 Å². The highest BCUT2D eigenvalue weighted by atomic mass is 32.2. The molecule has 1 aliphatic rings. The van der Waals surface area contributed by atoms with Gasteiger partial charge in [-0.25, -0.2) is 21.6 Å². The van der Waals surface area contributed by atoms with Crippen molar-refractivity contribution in [3.8, 4) is 0 Å². The van der Waals surface area contributed by atoms with Crippen molar-refractivity contribution in [2.24, 2.45) is 0 Å². The Bertz CT molecular complexity index is 1070. The second-order valence-electron chi connectivity index (χ2n) is 6.01. The number of hydrogen-bond donors (Lipinski definition) is 0. The van der Waals surface area contributed by atoms with E-state index in [-0.39, 0.29) is 28.5 Å². The van der Waals surface area contributed by atoms with Gasteiger partial charge in [0.05, 0.1) is 21.9 Å². The smallest absolute Gasteiger partial charge is 0.408 e. The van der Waals surface area contributed by atoms with E-state index in [9.17, 15) is 21.6 Å². The van der Waals surface area contributed by atoms with Gasteiger partial charge in [-0.05, 0) is 25.5 Å². The third-order valence-electron chi connectivity index (χ3n) is 4.49. The van der Waals surface area contributed by atoms with Gasteiger partial charge >= 0.3 is 5.76 Å². The Morgan fingerprint density at radius 2 is 2.04 bits per heavy atom. The van der Waals surface area contributed by atoms with Crippen LogP contribution in [-0.2, 0) is 26.4 Å². The molecule has 2 aromatic rings. The third-order valence-corrected chi connectivity index (χ3v) is 8.26. The summed E-state index contributed by atoms with van der Waals surface area (Å²) in [7, 11) is -7.09. The Hall–Kier alpha value is -1.65. The quantitative estimate of drug-likeness (QED) is 0.750. The van der Waals surface area contributed by atoms with Gasteiger partial charge in [0.1, 0.15) is 0 Å². The minimum Gasteiger partial charge on any atom is -0.408 e. The number of oxazole rings is 1. The zero-order valence-electron chi connectivity index (χ0n) is 14.0. The van der Waals surface area contributed by atoms with Gasteiger partial charge in [-0.2, -0.15) is 4.31 Å². The highest BCUT2D eigenvalue weighted by Gasteiger charge is 2.38. The molecule has 1 aliphatic heterocycles. The second-order valence-corrected chi connectivity index (χ2v) is 10.1. The number of fused-ring (bicyclic) bond motifs is 1. The summed E-state index contributed by atoms with van der Waals surface area (Å²) in [5, 5.41) is 0. The monoisotopic (exact) mass is 388 g/mol. The molecule has 1 aromatic heterocycles. The van der Waals surface area contributed by atoms with Crippen molar-refractivity contribution in [3.05, 3.63) is 28.7 Å². The van der Waals surface area contributed by atoms with E-state index in [0.717, 1.165) is 0 Å². The molecule has 0 spiro atoms. The van der Waals surface area contributed by atoms with Crippen molar-refractivity contribution in [2.45, 2.75) is 37.8 Å². The lowest BCUT2D eigenvalue weighted by Crippen LogP contribution is -2.40. The van der Waals surface area contributed by atoms with E-state index >= 15 is 0 Å². The minimum absolute atomic E-state index is 0.00303. The SMILES string of the molecule is CCN(C1CCS(=O)(=O)C1)S(=O)(=O)c1ccc2c(c1)oc(=O)n2CC. The van der Waals surface area contributed by atoms with Crippen LogP contribution in [0.3, 0.4) is 0 Å². The van der Waals surface area contributed by atoms with Crippen molar-refractivity contribution in [2.75, 3.05) is 18.1 Å². The number of sulfonamides is 1.